The van der Waals surface area contributed by atoms with Crippen LogP contribution in [-0.2, 0) is 4.84 Å². The van der Waals surface area contributed by atoms with E-state index in [0.717, 1.165) is 5.56 Å². The average molecular weight is 197 g/mol. The minimum atomic E-state index is 0.389. The fourth-order valence-corrected chi connectivity index (χ4v) is 0.854. The SMILES string of the molecule is C#CCCON=[C]c1ccc(C#N)cc1. The first kappa shape index (κ1) is 10.8. The number of nitriles is 1. The second kappa shape index (κ2) is 6.23. The quantitative estimate of drug-likeness (QED) is 0.320. The molecule has 1 aromatic rings. The van der Waals surface area contributed by atoms with Crippen LogP contribution in [0.5, 0.6) is 0 Å². The summed E-state index contributed by atoms with van der Waals surface area (Å²) in [4.78, 5) is 4.84. The molecule has 0 atom stereocenters. The fourth-order valence-electron chi connectivity index (χ4n) is 0.854. The second-order valence-corrected chi connectivity index (χ2v) is 2.68. The van der Waals surface area contributed by atoms with Gasteiger partial charge in [-0.25, -0.2) is 0 Å². The van der Waals surface area contributed by atoms with Crippen LogP contribution in [-0.4, -0.2) is 12.8 Å². The molecule has 1 radical (unpaired) electrons. The fraction of sp³-hybridized carbons (Fsp3) is 0.167. The molecule has 0 unspecified atom stereocenters. The molecule has 73 valence electrons. The normalized spacial score (nSPS) is 9.47. The summed E-state index contributed by atoms with van der Waals surface area (Å²) in [6.45, 7) is 0.389. The van der Waals surface area contributed by atoms with E-state index in [1.54, 1.807) is 24.3 Å². The summed E-state index contributed by atoms with van der Waals surface area (Å²) in [5, 5.41) is 12.2. The number of rotatable bonds is 4. The summed E-state index contributed by atoms with van der Waals surface area (Å²) in [6.07, 6.45) is 8.24. The summed E-state index contributed by atoms with van der Waals surface area (Å²) < 4.78 is 0. The molecule has 0 aliphatic carbocycles. The van der Waals surface area contributed by atoms with E-state index in [2.05, 4.69) is 17.3 Å². The molecule has 0 aromatic heterocycles. The van der Waals surface area contributed by atoms with Crippen molar-refractivity contribution in [2.45, 2.75) is 6.42 Å². The van der Waals surface area contributed by atoms with Gasteiger partial charge in [-0.05, 0) is 12.1 Å². The highest BCUT2D eigenvalue weighted by molar-refractivity contribution is 5.79. The van der Waals surface area contributed by atoms with Crippen molar-refractivity contribution in [1.29, 1.82) is 5.26 Å². The van der Waals surface area contributed by atoms with Gasteiger partial charge in [-0.15, -0.1) is 12.3 Å². The number of terminal acetylenes is 1. The van der Waals surface area contributed by atoms with E-state index in [1.165, 1.54) is 0 Å². The van der Waals surface area contributed by atoms with E-state index in [-0.39, 0.29) is 0 Å². The van der Waals surface area contributed by atoms with Crippen molar-refractivity contribution in [3.05, 3.63) is 35.4 Å². The highest BCUT2D eigenvalue weighted by Crippen LogP contribution is 2.00. The third kappa shape index (κ3) is 3.97. The first-order valence-corrected chi connectivity index (χ1v) is 4.38. The Morgan fingerprint density at radius 2 is 1.93 bits per heavy atom. The number of hydrogen-bond acceptors (Lipinski definition) is 3. The van der Waals surface area contributed by atoms with Crippen molar-refractivity contribution in [3.8, 4) is 18.4 Å². The van der Waals surface area contributed by atoms with Crippen molar-refractivity contribution >= 4 is 6.21 Å². The number of nitrogens with zero attached hydrogens (tertiary/aromatic N) is 2. The van der Waals surface area contributed by atoms with Gasteiger partial charge in [0.05, 0.1) is 11.6 Å². The maximum Gasteiger partial charge on any atom is 0.139 e. The standard InChI is InChI=1S/C12H9N2O/c1-2-3-8-15-14-10-12-6-4-11(9-13)5-7-12/h1,4-7H,3,8H2. The van der Waals surface area contributed by atoms with Crippen LogP contribution in [0, 0.1) is 23.7 Å². The van der Waals surface area contributed by atoms with E-state index < -0.39 is 0 Å². The monoisotopic (exact) mass is 197 g/mol. The molecule has 0 spiro atoms. The third-order valence-corrected chi connectivity index (χ3v) is 1.59. The maximum atomic E-state index is 8.56. The van der Waals surface area contributed by atoms with E-state index >= 15 is 0 Å². The summed E-state index contributed by atoms with van der Waals surface area (Å²) in [5.74, 6) is 2.43. The Morgan fingerprint density at radius 3 is 2.53 bits per heavy atom. The third-order valence-electron chi connectivity index (χ3n) is 1.59. The molecule has 0 amide bonds. The van der Waals surface area contributed by atoms with Crippen molar-refractivity contribution in [2.75, 3.05) is 6.61 Å². The van der Waals surface area contributed by atoms with Gasteiger partial charge in [0.2, 0.25) is 0 Å². The van der Waals surface area contributed by atoms with Crippen LogP contribution in [0.2, 0.25) is 0 Å². The molecule has 0 N–H and O–H groups in total. The maximum absolute atomic E-state index is 8.56. The smallest absolute Gasteiger partial charge is 0.139 e. The highest BCUT2D eigenvalue weighted by atomic mass is 16.6. The van der Waals surface area contributed by atoms with E-state index in [9.17, 15) is 0 Å². The van der Waals surface area contributed by atoms with Crippen molar-refractivity contribution < 1.29 is 4.84 Å². The van der Waals surface area contributed by atoms with Crippen LogP contribution in [0.15, 0.2) is 29.4 Å². The van der Waals surface area contributed by atoms with Gasteiger partial charge in [0.1, 0.15) is 12.8 Å². The van der Waals surface area contributed by atoms with Gasteiger partial charge >= 0.3 is 0 Å². The van der Waals surface area contributed by atoms with Gasteiger partial charge in [-0.1, -0.05) is 17.3 Å². The van der Waals surface area contributed by atoms with Gasteiger partial charge in [-0.2, -0.15) is 5.26 Å². The second-order valence-electron chi connectivity index (χ2n) is 2.68. The molecule has 3 nitrogen and oxygen atoms in total. The van der Waals surface area contributed by atoms with Crippen molar-refractivity contribution in [3.63, 3.8) is 0 Å². The Balaban J connectivity index is 2.44. The van der Waals surface area contributed by atoms with Crippen LogP contribution in [0.1, 0.15) is 17.5 Å². The molecular formula is C12H9N2O. The molecule has 15 heavy (non-hydrogen) atoms. The lowest BCUT2D eigenvalue weighted by Crippen LogP contribution is -1.87. The predicted octanol–water partition coefficient (Wildman–Crippen LogP) is 1.81. The van der Waals surface area contributed by atoms with E-state index in [1.807, 2.05) is 6.07 Å². The first-order chi connectivity index (χ1) is 7.36. The van der Waals surface area contributed by atoms with E-state index in [4.69, 9.17) is 16.5 Å². The first-order valence-electron chi connectivity index (χ1n) is 4.38. The van der Waals surface area contributed by atoms with Crippen LogP contribution in [0.4, 0.5) is 0 Å². The summed E-state index contributed by atoms with van der Waals surface area (Å²) in [7, 11) is 0. The molecule has 0 aliphatic rings. The van der Waals surface area contributed by atoms with Gasteiger partial charge in [0.15, 0.2) is 0 Å². The van der Waals surface area contributed by atoms with Crippen molar-refractivity contribution in [1.82, 2.24) is 0 Å². The van der Waals surface area contributed by atoms with Crippen LogP contribution in [0.25, 0.3) is 0 Å². The van der Waals surface area contributed by atoms with Crippen LogP contribution < -0.4 is 0 Å². The molecule has 0 heterocycles. The van der Waals surface area contributed by atoms with E-state index in [0.29, 0.717) is 18.6 Å². The number of hydrogen-bond donors (Lipinski definition) is 0. The number of benzene rings is 1. The largest absolute Gasteiger partial charge is 0.394 e. The van der Waals surface area contributed by atoms with Crippen molar-refractivity contribution in [2.24, 2.45) is 5.16 Å². The summed E-state index contributed by atoms with van der Waals surface area (Å²) in [5.41, 5.74) is 1.36. The molecule has 0 saturated carbocycles. The van der Waals surface area contributed by atoms with Gasteiger partial charge < -0.3 is 4.84 Å². The zero-order valence-electron chi connectivity index (χ0n) is 8.10. The predicted molar refractivity (Wildman–Crippen MR) is 57.1 cm³/mol. The molecule has 1 rings (SSSR count). The van der Waals surface area contributed by atoms with Crippen LogP contribution in [0.3, 0.4) is 0 Å². The Kier molecular flexibility index (Phi) is 4.50. The Morgan fingerprint density at radius 1 is 1.27 bits per heavy atom. The van der Waals surface area contributed by atoms with Gasteiger partial charge in [0.25, 0.3) is 0 Å². The molecule has 0 saturated heterocycles. The lowest BCUT2D eigenvalue weighted by atomic mass is 10.2. The molecule has 0 aliphatic heterocycles. The minimum Gasteiger partial charge on any atom is -0.394 e. The molecule has 0 bridgehead atoms. The average Bonchev–Trinajstić information content (AvgIpc) is 2.30. The zero-order chi connectivity index (χ0) is 10.9. The molecule has 0 fully saturated rings. The van der Waals surface area contributed by atoms with Gasteiger partial charge in [-0.3, -0.25) is 0 Å². The molecule has 1 aromatic carbocycles. The molecule has 3 heteroatoms. The zero-order valence-corrected chi connectivity index (χ0v) is 8.10. The summed E-state index contributed by atoms with van der Waals surface area (Å²) in [6, 6.07) is 8.90. The minimum absolute atomic E-state index is 0.389. The Bertz CT molecular complexity index is 407. The Labute approximate surface area is 89.0 Å². The molecular weight excluding hydrogens is 188 g/mol. The van der Waals surface area contributed by atoms with Gasteiger partial charge in [0, 0.05) is 12.0 Å². The lowest BCUT2D eigenvalue weighted by Gasteiger charge is -1.93. The lowest BCUT2D eigenvalue weighted by molar-refractivity contribution is 0.152. The highest BCUT2D eigenvalue weighted by Gasteiger charge is 1.90. The van der Waals surface area contributed by atoms with Crippen LogP contribution >= 0.6 is 0 Å². The Hall–Kier alpha value is -2.26. The topological polar surface area (TPSA) is 45.4 Å². The summed E-state index contributed by atoms with van der Waals surface area (Å²) >= 11 is 0.